The van der Waals surface area contributed by atoms with Crippen molar-refractivity contribution in [3.8, 4) is 22.9 Å². The minimum absolute atomic E-state index is 0.0397. The number of carbonyl (C=O) groups excluding carboxylic acids is 1. The largest absolute Gasteiger partial charge is 0.491 e. The number of urea groups is 1. The summed E-state index contributed by atoms with van der Waals surface area (Å²) in [7, 11) is 0. The van der Waals surface area contributed by atoms with Gasteiger partial charge in [0, 0.05) is 81.9 Å². The molecule has 44 heavy (non-hydrogen) atoms. The van der Waals surface area contributed by atoms with Crippen molar-refractivity contribution in [1.82, 2.24) is 29.3 Å². The molecule has 8 heterocycles. The molecule has 230 valence electrons. The average Bonchev–Trinajstić information content (AvgIpc) is 3.30. The highest BCUT2D eigenvalue weighted by Gasteiger charge is 2.58. The molecule has 6 fully saturated rings. The van der Waals surface area contributed by atoms with E-state index in [1.165, 1.54) is 0 Å². The number of aliphatic hydroxyl groups is 1. The minimum atomic E-state index is -2.68. The number of carbonyl (C=O) groups is 1. The van der Waals surface area contributed by atoms with E-state index in [1.54, 1.807) is 28.0 Å². The molecule has 1 saturated carbocycles. The Morgan fingerprint density at radius 1 is 1.16 bits per heavy atom. The van der Waals surface area contributed by atoms with Crippen molar-refractivity contribution in [2.75, 3.05) is 57.3 Å². The third kappa shape index (κ3) is 4.71. The van der Waals surface area contributed by atoms with Crippen molar-refractivity contribution in [2.45, 2.75) is 49.3 Å². The third-order valence-electron chi connectivity index (χ3n) is 10.1. The molecule has 2 amide bonds. The fourth-order valence-corrected chi connectivity index (χ4v) is 7.53. The molecule has 0 spiro atoms. The molecule has 9 rings (SSSR count). The first-order valence-electron chi connectivity index (χ1n) is 15.4. The molecule has 13 heteroatoms. The van der Waals surface area contributed by atoms with E-state index in [4.69, 9.17) is 9.72 Å². The number of hydrogen-bond acceptors (Lipinski definition) is 8. The van der Waals surface area contributed by atoms with Crippen LogP contribution >= 0.6 is 0 Å². The van der Waals surface area contributed by atoms with E-state index in [0.29, 0.717) is 49.0 Å². The minimum Gasteiger partial charge on any atom is -0.491 e. The predicted molar refractivity (Wildman–Crippen MR) is 156 cm³/mol. The number of piperazine rings is 1. The van der Waals surface area contributed by atoms with Crippen LogP contribution in [-0.4, -0.2) is 116 Å². The number of alkyl halides is 2. The van der Waals surface area contributed by atoms with Crippen LogP contribution in [0.15, 0.2) is 36.8 Å². The zero-order chi connectivity index (χ0) is 30.2. The molecule has 1 aliphatic carbocycles. The van der Waals surface area contributed by atoms with Gasteiger partial charge in [-0.15, -0.1) is 0 Å². The lowest BCUT2D eigenvalue weighted by Gasteiger charge is -2.57. The number of halogens is 2. The number of hydrogen-bond donors (Lipinski definition) is 1. The first-order chi connectivity index (χ1) is 21.2. The molecule has 3 aromatic rings. The second kappa shape index (κ2) is 10.0. The smallest absolute Gasteiger partial charge is 0.320 e. The number of rotatable bonds is 6. The molecule has 11 nitrogen and oxygen atoms in total. The number of piperidine rings is 3. The van der Waals surface area contributed by atoms with E-state index in [0.717, 1.165) is 42.9 Å². The van der Waals surface area contributed by atoms with Crippen LogP contribution in [-0.2, 0) is 0 Å². The third-order valence-corrected chi connectivity index (χ3v) is 10.1. The number of pyridine rings is 2. The molecule has 5 aliphatic heterocycles. The number of β-amino-alcohol motifs (C(OH)–C–C–N with tert-alkyl or cyclic N) is 1. The second-order valence-corrected chi connectivity index (χ2v) is 13.0. The summed E-state index contributed by atoms with van der Waals surface area (Å²) in [6.07, 6.45) is 6.38. The van der Waals surface area contributed by atoms with E-state index >= 15 is 0 Å². The lowest BCUT2D eigenvalue weighted by molar-refractivity contribution is -0.0563. The van der Waals surface area contributed by atoms with Crippen molar-refractivity contribution in [2.24, 2.45) is 5.92 Å². The van der Waals surface area contributed by atoms with Crippen LogP contribution < -0.4 is 9.64 Å². The summed E-state index contributed by atoms with van der Waals surface area (Å²) in [6, 6.07) is 8.03. The van der Waals surface area contributed by atoms with Gasteiger partial charge in [-0.05, 0) is 31.0 Å². The molecule has 6 aliphatic rings. The quantitative estimate of drug-likeness (QED) is 0.457. The number of likely N-dealkylation sites (tertiary alicyclic amines) is 2. The van der Waals surface area contributed by atoms with E-state index in [9.17, 15) is 23.9 Å². The Kier molecular flexibility index (Phi) is 6.26. The lowest BCUT2D eigenvalue weighted by Crippen LogP contribution is -2.72. The summed E-state index contributed by atoms with van der Waals surface area (Å²) < 4.78 is 35.0. The van der Waals surface area contributed by atoms with Gasteiger partial charge in [-0.2, -0.15) is 10.4 Å². The van der Waals surface area contributed by atoms with Gasteiger partial charge in [-0.1, -0.05) is 0 Å². The molecule has 1 N–H and O–H groups in total. The highest BCUT2D eigenvalue weighted by Crippen LogP contribution is 2.49. The molecule has 2 bridgehead atoms. The molecular weight excluding hydrogens is 570 g/mol. The fraction of sp³-hybridized carbons (Fsp3) is 0.548. The van der Waals surface area contributed by atoms with Gasteiger partial charge in [0.15, 0.2) is 0 Å². The number of nitriles is 1. The highest BCUT2D eigenvalue weighted by atomic mass is 19.3. The standard InChI is InChI=1S/C31H34F2N8O3/c32-31(33)3-5-38(6-4-31)29(42)41-23-9-24(41)17-39(16-23)27-2-1-20(13-35-27)26-10-25(18-40-28(26)21(12-34)14-36-40)44-8-7-37-15-22-11-30(22,43)19-37/h1-2,10,13-14,18,22-24,43H,3-9,11,15-17,19H2. The monoisotopic (exact) mass is 604 g/mol. The Hall–Kier alpha value is -4.02. The van der Waals surface area contributed by atoms with Crippen molar-refractivity contribution in [3.63, 3.8) is 0 Å². The van der Waals surface area contributed by atoms with Crippen molar-refractivity contribution in [1.29, 1.82) is 5.26 Å². The number of anilines is 1. The van der Waals surface area contributed by atoms with Gasteiger partial charge in [-0.25, -0.2) is 23.1 Å². The molecule has 0 radical (unpaired) electrons. The van der Waals surface area contributed by atoms with E-state index < -0.39 is 11.5 Å². The summed E-state index contributed by atoms with van der Waals surface area (Å²) in [5.74, 6) is -0.852. The molecule has 4 atom stereocenters. The van der Waals surface area contributed by atoms with Crippen LogP contribution in [0.4, 0.5) is 19.4 Å². The number of fused-ring (bicyclic) bond motifs is 4. The maximum Gasteiger partial charge on any atom is 0.320 e. The zero-order valence-corrected chi connectivity index (χ0v) is 24.3. The number of ether oxygens (including phenoxy) is 1. The van der Waals surface area contributed by atoms with Crippen LogP contribution in [0.2, 0.25) is 0 Å². The Labute approximate surface area is 253 Å². The first-order valence-corrected chi connectivity index (χ1v) is 15.4. The van der Waals surface area contributed by atoms with Crippen LogP contribution in [0, 0.1) is 17.2 Å². The van der Waals surface area contributed by atoms with E-state index in [2.05, 4.69) is 21.0 Å². The van der Waals surface area contributed by atoms with Gasteiger partial charge in [-0.3, -0.25) is 4.90 Å². The molecule has 0 aromatic carbocycles. The summed E-state index contributed by atoms with van der Waals surface area (Å²) in [4.78, 5) is 25.7. The van der Waals surface area contributed by atoms with Crippen molar-refractivity contribution in [3.05, 3.63) is 42.4 Å². The van der Waals surface area contributed by atoms with Crippen LogP contribution in [0.3, 0.4) is 0 Å². The Balaban J connectivity index is 0.951. The molecular formula is C31H34F2N8O3. The second-order valence-electron chi connectivity index (χ2n) is 13.0. The topological polar surface area (TPSA) is 113 Å². The lowest BCUT2D eigenvalue weighted by atomic mass is 9.87. The average molecular weight is 605 g/mol. The number of nitrogens with zero attached hydrogens (tertiary/aromatic N) is 8. The first kappa shape index (κ1) is 27.5. The molecule has 4 unspecified atom stereocenters. The summed E-state index contributed by atoms with van der Waals surface area (Å²) in [5.41, 5.74) is 2.26. The fourth-order valence-electron chi connectivity index (χ4n) is 7.53. The van der Waals surface area contributed by atoms with Crippen LogP contribution in [0.25, 0.3) is 16.6 Å². The van der Waals surface area contributed by atoms with E-state index in [1.807, 2.05) is 23.1 Å². The maximum absolute atomic E-state index is 13.6. The molecule has 5 saturated heterocycles. The van der Waals surface area contributed by atoms with Gasteiger partial charge in [0.2, 0.25) is 0 Å². The number of aromatic nitrogens is 3. The van der Waals surface area contributed by atoms with Gasteiger partial charge < -0.3 is 24.5 Å². The normalized spacial score (nSPS) is 28.9. The summed E-state index contributed by atoms with van der Waals surface area (Å²) in [6.45, 7) is 4.27. The highest BCUT2D eigenvalue weighted by molar-refractivity contribution is 5.85. The Morgan fingerprint density at radius 3 is 2.64 bits per heavy atom. The van der Waals surface area contributed by atoms with Gasteiger partial charge >= 0.3 is 6.03 Å². The van der Waals surface area contributed by atoms with E-state index in [-0.39, 0.29) is 44.0 Å². The summed E-state index contributed by atoms with van der Waals surface area (Å²) >= 11 is 0. The molecule has 3 aromatic heterocycles. The Bertz CT molecular complexity index is 1640. The van der Waals surface area contributed by atoms with Crippen LogP contribution in [0.5, 0.6) is 5.75 Å². The number of amides is 2. The Morgan fingerprint density at radius 2 is 1.95 bits per heavy atom. The van der Waals surface area contributed by atoms with Gasteiger partial charge in [0.1, 0.15) is 24.2 Å². The predicted octanol–water partition coefficient (Wildman–Crippen LogP) is 2.83. The van der Waals surface area contributed by atoms with Crippen molar-refractivity contribution < 1.29 is 23.4 Å². The SMILES string of the molecule is N#Cc1cnn2cc(OCCN3CC4CC4(O)C3)cc(-c3ccc(N4CC5CC(C4)N5C(=O)N4CCC(F)(F)CC4)nc3)c12. The summed E-state index contributed by atoms with van der Waals surface area (Å²) in [5, 5.41) is 24.4. The van der Waals surface area contributed by atoms with Gasteiger partial charge in [0.25, 0.3) is 5.92 Å². The zero-order valence-electron chi connectivity index (χ0n) is 24.3. The van der Waals surface area contributed by atoms with Crippen LogP contribution in [0.1, 0.15) is 31.2 Å². The van der Waals surface area contributed by atoms with Crippen molar-refractivity contribution >= 4 is 17.4 Å². The maximum atomic E-state index is 13.6. The van der Waals surface area contributed by atoms with Gasteiger partial charge in [0.05, 0.1) is 41.2 Å².